The van der Waals surface area contributed by atoms with E-state index in [1.807, 2.05) is 17.0 Å². The van der Waals surface area contributed by atoms with Crippen molar-refractivity contribution in [2.75, 3.05) is 26.7 Å². The Morgan fingerprint density at radius 3 is 2.76 bits per heavy atom. The monoisotopic (exact) mass is 343 g/mol. The molecule has 8 nitrogen and oxygen atoms in total. The zero-order valence-electron chi connectivity index (χ0n) is 14.1. The van der Waals surface area contributed by atoms with Gasteiger partial charge in [0.2, 0.25) is 0 Å². The fourth-order valence-electron chi connectivity index (χ4n) is 3.09. The summed E-state index contributed by atoms with van der Waals surface area (Å²) in [5.41, 5.74) is 1.56. The normalized spacial score (nSPS) is 15.9. The number of hydrogen-bond donors (Lipinski definition) is 1. The molecule has 1 fully saturated rings. The molecule has 1 N–H and O–H groups in total. The summed E-state index contributed by atoms with van der Waals surface area (Å²) in [5.74, 6) is -0.816. The van der Waals surface area contributed by atoms with Gasteiger partial charge in [-0.2, -0.15) is 0 Å². The summed E-state index contributed by atoms with van der Waals surface area (Å²) in [7, 11) is 1.78. The highest BCUT2D eigenvalue weighted by atomic mass is 16.4. The van der Waals surface area contributed by atoms with Gasteiger partial charge in [-0.25, -0.2) is 9.78 Å². The third-order valence-corrected chi connectivity index (χ3v) is 4.53. The Balaban J connectivity index is 1.62. The summed E-state index contributed by atoms with van der Waals surface area (Å²) in [6, 6.07) is 3.68. The number of carboxylic acids is 1. The molecule has 0 radical (unpaired) electrons. The predicted molar refractivity (Wildman–Crippen MR) is 91.1 cm³/mol. The van der Waals surface area contributed by atoms with Crippen molar-refractivity contribution in [2.24, 2.45) is 0 Å². The smallest absolute Gasteiger partial charge is 0.329 e. The Labute approximate surface area is 145 Å². The second-order valence-corrected chi connectivity index (χ2v) is 6.20. The quantitative estimate of drug-likeness (QED) is 0.902. The van der Waals surface area contributed by atoms with Crippen LogP contribution in [0.25, 0.3) is 11.3 Å². The van der Waals surface area contributed by atoms with Gasteiger partial charge >= 0.3 is 12.0 Å². The van der Waals surface area contributed by atoms with Crippen LogP contribution in [0.5, 0.6) is 0 Å². The topological polar surface area (TPSA) is 91.6 Å². The molecule has 0 aromatic carbocycles. The fourth-order valence-corrected chi connectivity index (χ4v) is 3.09. The van der Waals surface area contributed by atoms with Crippen molar-refractivity contribution in [3.05, 3.63) is 37.1 Å². The van der Waals surface area contributed by atoms with Gasteiger partial charge in [0, 0.05) is 50.3 Å². The van der Waals surface area contributed by atoms with E-state index in [9.17, 15) is 9.59 Å². The zero-order chi connectivity index (χ0) is 17.8. The van der Waals surface area contributed by atoms with E-state index in [1.165, 1.54) is 10.9 Å². The van der Waals surface area contributed by atoms with Crippen molar-refractivity contribution >= 4 is 12.0 Å². The van der Waals surface area contributed by atoms with Crippen LogP contribution in [0.1, 0.15) is 12.8 Å². The Bertz CT molecular complexity index is 738. The van der Waals surface area contributed by atoms with Gasteiger partial charge in [-0.05, 0) is 25.0 Å². The van der Waals surface area contributed by atoms with Gasteiger partial charge in [0.05, 0.1) is 12.2 Å². The molecule has 132 valence electrons. The second-order valence-electron chi connectivity index (χ2n) is 6.20. The molecule has 0 saturated carbocycles. The zero-order valence-corrected chi connectivity index (χ0v) is 14.1. The maximum atomic E-state index is 12.7. The number of carbonyl (C=O) groups is 2. The lowest BCUT2D eigenvalue weighted by atomic mass is 10.0. The van der Waals surface area contributed by atoms with Crippen LogP contribution in [0.2, 0.25) is 0 Å². The van der Waals surface area contributed by atoms with Gasteiger partial charge < -0.3 is 10.0 Å². The average Bonchev–Trinajstić information content (AvgIpc) is 3.11. The third kappa shape index (κ3) is 4.03. The van der Waals surface area contributed by atoms with Gasteiger partial charge in [0.25, 0.3) is 0 Å². The molecular formula is C17H21N5O3. The lowest BCUT2D eigenvalue weighted by Gasteiger charge is -2.35. The van der Waals surface area contributed by atoms with E-state index in [0.717, 1.165) is 18.4 Å². The molecule has 1 aliphatic rings. The molecule has 8 heteroatoms. The summed E-state index contributed by atoms with van der Waals surface area (Å²) in [4.78, 5) is 35.4. The van der Waals surface area contributed by atoms with Gasteiger partial charge in [0.15, 0.2) is 0 Å². The molecular weight excluding hydrogens is 322 g/mol. The maximum Gasteiger partial charge on any atom is 0.329 e. The molecule has 2 aromatic heterocycles. The summed E-state index contributed by atoms with van der Waals surface area (Å²) in [6.45, 7) is 1.42. The molecule has 0 unspecified atom stereocenters. The summed E-state index contributed by atoms with van der Waals surface area (Å²) >= 11 is 0. The molecule has 1 amide bonds. The molecule has 25 heavy (non-hydrogen) atoms. The standard InChI is InChI=1S/C17H21N5O3/c1-20(14-4-7-21(8-5-14)11-16(23)24)17(25)22-10-15(19-12-22)13-3-2-6-18-9-13/h2-3,6,9-10,12,14H,4-5,7-8,11H2,1H3,(H,23,24). The first-order chi connectivity index (χ1) is 12.0. The van der Waals surface area contributed by atoms with Gasteiger partial charge in [-0.3, -0.25) is 19.2 Å². The number of imidazole rings is 1. The number of nitrogens with zero attached hydrogens (tertiary/aromatic N) is 5. The van der Waals surface area contributed by atoms with E-state index in [0.29, 0.717) is 18.8 Å². The molecule has 0 aliphatic carbocycles. The Kier molecular flexibility index (Phi) is 5.08. The van der Waals surface area contributed by atoms with Crippen molar-refractivity contribution in [1.29, 1.82) is 0 Å². The SMILES string of the molecule is CN(C(=O)n1cnc(-c2cccnc2)c1)C1CCN(CC(=O)O)CC1. The highest BCUT2D eigenvalue weighted by Gasteiger charge is 2.27. The Hall–Kier alpha value is -2.74. The van der Waals surface area contributed by atoms with E-state index < -0.39 is 5.97 Å². The van der Waals surface area contributed by atoms with Crippen molar-refractivity contribution in [1.82, 2.24) is 24.3 Å². The molecule has 0 bridgehead atoms. The van der Waals surface area contributed by atoms with Crippen LogP contribution in [0, 0.1) is 0 Å². The van der Waals surface area contributed by atoms with Crippen LogP contribution in [-0.2, 0) is 4.79 Å². The van der Waals surface area contributed by atoms with Crippen LogP contribution >= 0.6 is 0 Å². The summed E-state index contributed by atoms with van der Waals surface area (Å²) in [5, 5.41) is 8.85. The number of pyridine rings is 1. The van der Waals surface area contributed by atoms with E-state index in [2.05, 4.69) is 9.97 Å². The fraction of sp³-hybridized carbons (Fsp3) is 0.412. The molecule has 0 atom stereocenters. The highest BCUT2D eigenvalue weighted by Crippen LogP contribution is 2.18. The first-order valence-corrected chi connectivity index (χ1v) is 8.20. The van der Waals surface area contributed by atoms with Crippen molar-refractivity contribution in [3.63, 3.8) is 0 Å². The number of piperidine rings is 1. The number of hydrogen-bond acceptors (Lipinski definition) is 5. The lowest BCUT2D eigenvalue weighted by molar-refractivity contribution is -0.138. The van der Waals surface area contributed by atoms with Crippen molar-refractivity contribution in [3.8, 4) is 11.3 Å². The summed E-state index contributed by atoms with van der Waals surface area (Å²) < 4.78 is 1.48. The third-order valence-electron chi connectivity index (χ3n) is 4.53. The number of carbonyl (C=O) groups excluding carboxylic acids is 1. The molecule has 0 spiro atoms. The van der Waals surface area contributed by atoms with Gasteiger partial charge in [-0.1, -0.05) is 0 Å². The number of rotatable bonds is 4. The maximum absolute atomic E-state index is 12.7. The minimum absolute atomic E-state index is 0.0559. The highest BCUT2D eigenvalue weighted by molar-refractivity contribution is 5.78. The van der Waals surface area contributed by atoms with Crippen LogP contribution in [0.4, 0.5) is 4.79 Å². The molecule has 1 saturated heterocycles. The number of aliphatic carboxylic acids is 1. The summed E-state index contributed by atoms with van der Waals surface area (Å²) in [6.07, 6.45) is 8.14. The van der Waals surface area contributed by atoms with E-state index in [4.69, 9.17) is 5.11 Å². The number of likely N-dealkylation sites (tertiary alicyclic amines) is 1. The average molecular weight is 343 g/mol. The van der Waals surface area contributed by atoms with E-state index in [1.54, 1.807) is 30.5 Å². The largest absolute Gasteiger partial charge is 0.480 e. The van der Waals surface area contributed by atoms with Crippen molar-refractivity contribution < 1.29 is 14.7 Å². The molecule has 1 aliphatic heterocycles. The van der Waals surface area contributed by atoms with Crippen molar-refractivity contribution in [2.45, 2.75) is 18.9 Å². The van der Waals surface area contributed by atoms with Crippen LogP contribution < -0.4 is 0 Å². The molecule has 3 heterocycles. The van der Waals surface area contributed by atoms with Gasteiger partial charge in [-0.15, -0.1) is 0 Å². The number of aromatic nitrogens is 3. The minimum Gasteiger partial charge on any atom is -0.480 e. The number of amides is 1. The lowest BCUT2D eigenvalue weighted by Crippen LogP contribution is -2.47. The molecule has 2 aromatic rings. The van der Waals surface area contributed by atoms with Crippen LogP contribution in [0.15, 0.2) is 37.1 Å². The first kappa shape index (κ1) is 17.1. The van der Waals surface area contributed by atoms with E-state index in [-0.39, 0.29) is 18.6 Å². The second kappa shape index (κ2) is 7.43. The minimum atomic E-state index is -0.816. The molecule has 3 rings (SSSR count). The van der Waals surface area contributed by atoms with Gasteiger partial charge in [0.1, 0.15) is 6.33 Å². The van der Waals surface area contributed by atoms with Crippen LogP contribution in [0.3, 0.4) is 0 Å². The van der Waals surface area contributed by atoms with E-state index >= 15 is 0 Å². The number of carboxylic acid groups (broad SMARTS) is 1. The van der Waals surface area contributed by atoms with Crippen LogP contribution in [-0.4, -0.2) is 74.2 Å². The Morgan fingerprint density at radius 1 is 1.36 bits per heavy atom. The Morgan fingerprint density at radius 2 is 2.12 bits per heavy atom. The predicted octanol–water partition coefficient (Wildman–Crippen LogP) is 1.39. The first-order valence-electron chi connectivity index (χ1n) is 8.20.